The van der Waals surface area contributed by atoms with Crippen LogP contribution in [0.5, 0.6) is 0 Å². The summed E-state index contributed by atoms with van der Waals surface area (Å²) in [5.41, 5.74) is 1.40. The second-order valence-corrected chi connectivity index (χ2v) is 3.58. The minimum Gasteiger partial charge on any atom is -0.313 e. The van der Waals surface area contributed by atoms with Crippen molar-refractivity contribution < 1.29 is 8.78 Å². The van der Waals surface area contributed by atoms with E-state index >= 15 is 0 Å². The van der Waals surface area contributed by atoms with Gasteiger partial charge in [0.1, 0.15) is 0 Å². The summed E-state index contributed by atoms with van der Waals surface area (Å²) in [6, 6.07) is -1.04. The first-order chi connectivity index (χ1) is 6.61. The highest BCUT2D eigenvalue weighted by molar-refractivity contribution is 5.53. The molecule has 1 aromatic heterocycles. The number of hydrogen-bond donors (Lipinski definition) is 0. The van der Waals surface area contributed by atoms with Gasteiger partial charge in [-0.15, -0.1) is 0 Å². The van der Waals surface area contributed by atoms with Crippen molar-refractivity contribution in [2.45, 2.75) is 25.8 Å². The van der Waals surface area contributed by atoms with Crippen molar-refractivity contribution >= 4 is 5.69 Å². The Kier molecular flexibility index (Phi) is 2.13. The van der Waals surface area contributed by atoms with Gasteiger partial charge in [-0.25, -0.2) is 0 Å². The molecular weight excluding hydrogens is 186 g/mol. The molecule has 0 radical (unpaired) electrons. The Labute approximate surface area is 81.6 Å². The maximum Gasteiger partial charge on any atom is 0.325 e. The highest BCUT2D eigenvalue weighted by Crippen LogP contribution is 2.37. The fraction of sp³-hybridized carbons (Fsp3) is 0.500. The lowest BCUT2D eigenvalue weighted by Crippen LogP contribution is -2.35. The molecule has 2 nitrogen and oxygen atoms in total. The molecule has 1 saturated heterocycles. The Balaban J connectivity index is 2.36. The smallest absolute Gasteiger partial charge is 0.313 e. The second-order valence-electron chi connectivity index (χ2n) is 3.58. The quantitative estimate of drug-likeness (QED) is 0.645. The molecule has 0 amide bonds. The third-order valence-corrected chi connectivity index (χ3v) is 2.54. The van der Waals surface area contributed by atoms with E-state index in [0.29, 0.717) is 18.7 Å². The van der Waals surface area contributed by atoms with E-state index in [0.717, 1.165) is 5.56 Å². The van der Waals surface area contributed by atoms with Crippen LogP contribution in [0.1, 0.15) is 18.4 Å². The number of aryl methyl sites for hydroxylation is 1. The van der Waals surface area contributed by atoms with Crippen LogP contribution < -0.4 is 4.90 Å². The summed E-state index contributed by atoms with van der Waals surface area (Å²) >= 11 is 0. The average Bonchev–Trinajstić information content (AvgIpc) is 2.46. The molecule has 2 heterocycles. The molecule has 0 bridgehead atoms. The summed E-state index contributed by atoms with van der Waals surface area (Å²) in [5.74, 6) is 0. The van der Waals surface area contributed by atoms with Gasteiger partial charge in [-0.3, -0.25) is 4.98 Å². The van der Waals surface area contributed by atoms with Crippen molar-refractivity contribution in [1.82, 2.24) is 4.98 Å². The predicted octanol–water partition coefficient (Wildman–Crippen LogP) is 2.58. The number of pyridine rings is 1. The van der Waals surface area contributed by atoms with E-state index in [1.807, 2.05) is 0 Å². The van der Waals surface area contributed by atoms with E-state index < -0.39 is 6.05 Å². The van der Waals surface area contributed by atoms with Crippen molar-refractivity contribution in [3.8, 4) is 0 Å². The standard InChI is InChI=1S/C10H12F2N2/c1-8-7-13-5-3-9(8)14-6-2-4-10(14,11)12/h3,5,7H,2,4,6H2,1H3. The average molecular weight is 198 g/mol. The number of alkyl halides is 2. The van der Waals surface area contributed by atoms with Crippen molar-refractivity contribution in [2.75, 3.05) is 11.4 Å². The van der Waals surface area contributed by atoms with Crippen LogP contribution in [0.15, 0.2) is 18.5 Å². The summed E-state index contributed by atoms with van der Waals surface area (Å²) < 4.78 is 26.8. The van der Waals surface area contributed by atoms with Crippen molar-refractivity contribution in [2.24, 2.45) is 0 Å². The molecule has 14 heavy (non-hydrogen) atoms. The molecule has 2 rings (SSSR count). The molecular formula is C10H12F2N2. The predicted molar refractivity (Wildman–Crippen MR) is 50.5 cm³/mol. The zero-order valence-electron chi connectivity index (χ0n) is 8.00. The Bertz CT molecular complexity index is 339. The normalized spacial score (nSPS) is 20.1. The summed E-state index contributed by atoms with van der Waals surface area (Å²) in [4.78, 5) is 5.06. The van der Waals surface area contributed by atoms with Gasteiger partial charge in [0, 0.05) is 31.0 Å². The molecule has 1 aliphatic heterocycles. The Hall–Kier alpha value is -1.19. The third kappa shape index (κ3) is 1.45. The molecule has 0 atom stereocenters. The Morgan fingerprint density at radius 2 is 2.29 bits per heavy atom. The maximum absolute atomic E-state index is 13.4. The van der Waals surface area contributed by atoms with Gasteiger partial charge >= 0.3 is 6.05 Å². The van der Waals surface area contributed by atoms with Gasteiger partial charge in [0.15, 0.2) is 0 Å². The van der Waals surface area contributed by atoms with Gasteiger partial charge < -0.3 is 4.90 Å². The van der Waals surface area contributed by atoms with Crippen LogP contribution in [0, 0.1) is 6.92 Å². The Morgan fingerprint density at radius 3 is 2.86 bits per heavy atom. The second kappa shape index (κ2) is 3.19. The number of aromatic nitrogens is 1. The summed E-state index contributed by atoms with van der Waals surface area (Å²) in [6.45, 7) is 2.23. The lowest BCUT2D eigenvalue weighted by atomic mass is 10.2. The van der Waals surface area contributed by atoms with Crippen LogP contribution in [0.3, 0.4) is 0 Å². The molecule has 0 aromatic carbocycles. The summed E-state index contributed by atoms with van der Waals surface area (Å²) in [5, 5.41) is 0. The first kappa shape index (κ1) is 9.37. The van der Waals surface area contributed by atoms with Crippen LogP contribution in [0.2, 0.25) is 0 Å². The zero-order chi connectivity index (χ0) is 10.2. The lowest BCUT2D eigenvalue weighted by Gasteiger charge is -2.27. The molecule has 0 aliphatic carbocycles. The third-order valence-electron chi connectivity index (χ3n) is 2.54. The minimum absolute atomic E-state index is 0.0469. The van der Waals surface area contributed by atoms with Gasteiger partial charge in [-0.1, -0.05) is 0 Å². The molecule has 0 spiro atoms. The molecule has 4 heteroatoms. The largest absolute Gasteiger partial charge is 0.325 e. The molecule has 0 saturated carbocycles. The lowest BCUT2D eigenvalue weighted by molar-refractivity contribution is 0.0129. The highest BCUT2D eigenvalue weighted by Gasteiger charge is 2.41. The van der Waals surface area contributed by atoms with Gasteiger partial charge in [-0.05, 0) is 25.0 Å². The van der Waals surface area contributed by atoms with Crippen LogP contribution in [0.25, 0.3) is 0 Å². The summed E-state index contributed by atoms with van der Waals surface area (Å²) in [6.07, 6.45) is 3.67. The van der Waals surface area contributed by atoms with Gasteiger partial charge in [0.05, 0.1) is 0 Å². The van der Waals surface area contributed by atoms with E-state index in [9.17, 15) is 8.78 Å². The number of hydrogen-bond acceptors (Lipinski definition) is 2. The van der Waals surface area contributed by atoms with Crippen molar-refractivity contribution in [1.29, 1.82) is 0 Å². The van der Waals surface area contributed by atoms with Crippen LogP contribution in [0.4, 0.5) is 14.5 Å². The zero-order valence-corrected chi connectivity index (χ0v) is 8.00. The minimum atomic E-state index is -2.69. The molecule has 0 unspecified atom stereocenters. The first-order valence-corrected chi connectivity index (χ1v) is 4.67. The van der Waals surface area contributed by atoms with E-state index in [1.165, 1.54) is 4.90 Å². The number of rotatable bonds is 1. The number of halogens is 2. The molecule has 1 aliphatic rings. The van der Waals surface area contributed by atoms with Gasteiger partial charge in [-0.2, -0.15) is 8.78 Å². The molecule has 1 fully saturated rings. The molecule has 76 valence electrons. The Morgan fingerprint density at radius 1 is 1.50 bits per heavy atom. The van der Waals surface area contributed by atoms with E-state index in [1.54, 1.807) is 25.4 Å². The summed E-state index contributed by atoms with van der Waals surface area (Å²) in [7, 11) is 0. The first-order valence-electron chi connectivity index (χ1n) is 4.67. The van der Waals surface area contributed by atoms with Crippen LogP contribution in [-0.4, -0.2) is 17.6 Å². The monoisotopic (exact) mass is 198 g/mol. The molecule has 0 N–H and O–H groups in total. The van der Waals surface area contributed by atoms with Crippen LogP contribution >= 0.6 is 0 Å². The highest BCUT2D eigenvalue weighted by atomic mass is 19.3. The van der Waals surface area contributed by atoms with Crippen LogP contribution in [-0.2, 0) is 0 Å². The van der Waals surface area contributed by atoms with Gasteiger partial charge in [0.25, 0.3) is 0 Å². The van der Waals surface area contributed by atoms with Crippen molar-refractivity contribution in [3.63, 3.8) is 0 Å². The fourth-order valence-electron chi connectivity index (χ4n) is 1.81. The number of nitrogens with zero attached hydrogens (tertiary/aromatic N) is 2. The van der Waals surface area contributed by atoms with E-state index in [-0.39, 0.29) is 6.42 Å². The van der Waals surface area contributed by atoms with E-state index in [2.05, 4.69) is 4.98 Å². The number of anilines is 1. The van der Waals surface area contributed by atoms with Crippen molar-refractivity contribution in [3.05, 3.63) is 24.0 Å². The fourth-order valence-corrected chi connectivity index (χ4v) is 1.81. The topological polar surface area (TPSA) is 16.1 Å². The SMILES string of the molecule is Cc1cnccc1N1CCCC1(F)F. The maximum atomic E-state index is 13.4. The van der Waals surface area contributed by atoms with Gasteiger partial charge in [0.2, 0.25) is 0 Å². The molecule has 1 aromatic rings. The van der Waals surface area contributed by atoms with E-state index in [4.69, 9.17) is 0 Å².